The zero-order valence-corrected chi connectivity index (χ0v) is 22.9. The number of hydrogen-bond donors (Lipinski definition) is 2. The maximum atomic E-state index is 12.3. The van der Waals surface area contributed by atoms with E-state index in [1.807, 2.05) is 0 Å². The van der Waals surface area contributed by atoms with Gasteiger partial charge in [0.2, 0.25) is 0 Å². The molecule has 0 saturated heterocycles. The molecule has 2 amide bonds. The largest absolute Gasteiger partial charge is 0.268 e. The van der Waals surface area contributed by atoms with E-state index in [0.717, 1.165) is 24.3 Å². The Morgan fingerprint density at radius 3 is 1.41 bits per heavy atom. The zero-order chi connectivity index (χ0) is 23.7. The smallest absolute Gasteiger partial charge is 0.264 e. The summed E-state index contributed by atoms with van der Waals surface area (Å²) in [6.07, 6.45) is 6.90. The summed E-state index contributed by atoms with van der Waals surface area (Å²) in [5, 5.41) is 8.91. The predicted molar refractivity (Wildman–Crippen MR) is 135 cm³/mol. The van der Waals surface area contributed by atoms with E-state index in [2.05, 4.69) is 94.5 Å². The lowest BCUT2D eigenvalue weighted by molar-refractivity contribution is -0.118. The molecule has 4 saturated carbocycles. The average molecular weight is 570 g/mol. The Balaban J connectivity index is 1.37. The van der Waals surface area contributed by atoms with E-state index >= 15 is 0 Å². The summed E-state index contributed by atoms with van der Waals surface area (Å²) in [7, 11) is 0. The van der Waals surface area contributed by atoms with Crippen LogP contribution < -0.4 is 10.9 Å². The van der Waals surface area contributed by atoms with Gasteiger partial charge in [0.1, 0.15) is 0 Å². The van der Waals surface area contributed by atoms with Crippen LogP contribution in [0.25, 0.3) is 0 Å². The Kier molecular flexibility index (Phi) is 5.84. The third-order valence-corrected chi connectivity index (χ3v) is 12.1. The highest BCUT2D eigenvalue weighted by atomic mass is 79.9. The SMILES string of the molecule is CC1(C)[C@@H]2CC[C@]1(C)C(=NNC(=O)/C=C\C(=O)NN=C1[C@@H](Br)[C@@H]3CC[C@@]1(C)C3(C)C)[C@@H]2Br. The number of halogens is 2. The lowest BCUT2D eigenvalue weighted by Crippen LogP contribution is -2.36. The number of nitrogens with one attached hydrogen (secondary N) is 2. The van der Waals surface area contributed by atoms with Gasteiger partial charge in [-0.25, -0.2) is 10.9 Å². The average Bonchev–Trinajstić information content (AvgIpc) is 3.19. The summed E-state index contributed by atoms with van der Waals surface area (Å²) < 4.78 is 0. The van der Waals surface area contributed by atoms with Crippen molar-refractivity contribution in [2.45, 2.75) is 76.9 Å². The molecule has 8 heteroatoms. The molecule has 6 nitrogen and oxygen atoms in total. The van der Waals surface area contributed by atoms with E-state index in [-0.39, 0.29) is 31.3 Å². The summed E-state index contributed by atoms with van der Waals surface area (Å²) in [6.45, 7) is 13.6. The summed E-state index contributed by atoms with van der Waals surface area (Å²) >= 11 is 7.57. The Morgan fingerprint density at radius 1 is 0.781 bits per heavy atom. The van der Waals surface area contributed by atoms with Gasteiger partial charge in [0.25, 0.3) is 11.8 Å². The standard InChI is InChI=1S/C24H34Br2N4O2/c1-21(2)13-9-11-23(21,5)19(17(13)25)29-27-15(31)7-8-16(32)28-30-20-18(26)14-10-12-24(20,6)22(14,3)4/h7-8,13-14,17-18H,9-12H2,1-6H3,(H,27,31)(H,28,32)/b8-7-,29-19?,30-20?/t13-,14+,17-,18+,23-,24-/m1/s1. The summed E-state index contributed by atoms with van der Waals surface area (Å²) in [5.74, 6) is 0.185. The zero-order valence-electron chi connectivity index (χ0n) is 19.8. The summed E-state index contributed by atoms with van der Waals surface area (Å²) in [5.41, 5.74) is 7.41. The van der Waals surface area contributed by atoms with Crippen LogP contribution in [-0.4, -0.2) is 32.9 Å². The third kappa shape index (κ3) is 3.22. The monoisotopic (exact) mass is 568 g/mol. The molecule has 0 aliphatic heterocycles. The number of amides is 2. The number of hydrogen-bond acceptors (Lipinski definition) is 4. The third-order valence-electron chi connectivity index (χ3n) is 9.93. The van der Waals surface area contributed by atoms with Crippen LogP contribution in [0.1, 0.15) is 67.2 Å². The van der Waals surface area contributed by atoms with Gasteiger partial charge in [-0.2, -0.15) is 10.2 Å². The molecule has 6 atom stereocenters. The Labute approximate surface area is 207 Å². The van der Waals surface area contributed by atoms with E-state index in [0.29, 0.717) is 11.8 Å². The Bertz CT molecular complexity index is 866. The van der Waals surface area contributed by atoms with Crippen molar-refractivity contribution in [3.8, 4) is 0 Å². The van der Waals surface area contributed by atoms with Gasteiger partial charge in [-0.3, -0.25) is 9.59 Å². The van der Waals surface area contributed by atoms with Crippen LogP contribution in [0.3, 0.4) is 0 Å². The van der Waals surface area contributed by atoms with Crippen LogP contribution in [0.4, 0.5) is 0 Å². The van der Waals surface area contributed by atoms with E-state index < -0.39 is 11.8 Å². The van der Waals surface area contributed by atoms with Gasteiger partial charge in [0, 0.05) is 23.0 Å². The van der Waals surface area contributed by atoms with Crippen molar-refractivity contribution < 1.29 is 9.59 Å². The van der Waals surface area contributed by atoms with Gasteiger partial charge in [-0.05, 0) is 48.3 Å². The van der Waals surface area contributed by atoms with Crippen molar-refractivity contribution in [3.63, 3.8) is 0 Å². The van der Waals surface area contributed by atoms with Crippen molar-refractivity contribution in [2.24, 2.45) is 43.7 Å². The first-order valence-corrected chi connectivity index (χ1v) is 13.3. The number of rotatable bonds is 4. The fourth-order valence-corrected chi connectivity index (χ4v) is 9.90. The first kappa shape index (κ1) is 24.1. The van der Waals surface area contributed by atoms with E-state index in [1.165, 1.54) is 25.0 Å². The van der Waals surface area contributed by atoms with Crippen molar-refractivity contribution in [3.05, 3.63) is 12.2 Å². The minimum absolute atomic E-state index is 0.0346. The second-order valence-corrected chi connectivity index (χ2v) is 13.5. The number of carbonyl (C=O) groups is 2. The van der Waals surface area contributed by atoms with Gasteiger partial charge in [-0.1, -0.05) is 73.4 Å². The molecule has 4 aliphatic carbocycles. The molecule has 4 bridgehead atoms. The molecule has 32 heavy (non-hydrogen) atoms. The number of alkyl halides is 2. The lowest BCUT2D eigenvalue weighted by atomic mass is 9.70. The fourth-order valence-electron chi connectivity index (χ4n) is 6.83. The maximum Gasteiger partial charge on any atom is 0.264 e. The van der Waals surface area contributed by atoms with Crippen molar-refractivity contribution in [1.82, 2.24) is 10.9 Å². The van der Waals surface area contributed by atoms with Crippen molar-refractivity contribution in [1.29, 1.82) is 0 Å². The first-order chi connectivity index (χ1) is 14.8. The minimum Gasteiger partial charge on any atom is -0.268 e. The van der Waals surface area contributed by atoms with E-state index in [1.54, 1.807) is 0 Å². The summed E-state index contributed by atoms with van der Waals surface area (Å²) in [4.78, 5) is 24.9. The van der Waals surface area contributed by atoms with Crippen LogP contribution in [0, 0.1) is 33.5 Å². The number of nitrogens with zero attached hydrogens (tertiary/aromatic N) is 2. The highest BCUT2D eigenvalue weighted by molar-refractivity contribution is 9.10. The van der Waals surface area contributed by atoms with Crippen LogP contribution in [0.2, 0.25) is 0 Å². The Morgan fingerprint density at radius 2 is 1.12 bits per heavy atom. The minimum atomic E-state index is -0.421. The molecule has 2 N–H and O–H groups in total. The van der Waals surface area contributed by atoms with Gasteiger partial charge in [0.05, 0.1) is 21.1 Å². The number of carbonyl (C=O) groups excluding carboxylic acids is 2. The molecular formula is C24H34Br2N4O2. The molecule has 0 aromatic carbocycles. The normalized spacial score (nSPS) is 43.5. The number of fused-ring (bicyclic) bond motifs is 4. The van der Waals surface area contributed by atoms with Crippen LogP contribution in [-0.2, 0) is 9.59 Å². The summed E-state index contributed by atoms with van der Waals surface area (Å²) in [6, 6.07) is 0. The molecule has 4 rings (SSSR count). The fraction of sp³-hybridized carbons (Fsp3) is 0.750. The maximum absolute atomic E-state index is 12.3. The molecule has 176 valence electrons. The lowest BCUT2D eigenvalue weighted by Gasteiger charge is -2.34. The first-order valence-electron chi connectivity index (χ1n) is 11.5. The molecule has 4 aliphatic rings. The molecule has 0 aromatic heterocycles. The quantitative estimate of drug-likeness (QED) is 0.286. The molecule has 0 radical (unpaired) electrons. The predicted octanol–water partition coefficient (Wildman–Crippen LogP) is 4.93. The molecular weight excluding hydrogens is 536 g/mol. The van der Waals surface area contributed by atoms with Gasteiger partial charge < -0.3 is 0 Å². The molecule has 0 unspecified atom stereocenters. The van der Waals surface area contributed by atoms with Crippen LogP contribution >= 0.6 is 31.9 Å². The second-order valence-electron chi connectivity index (χ2n) is 11.5. The van der Waals surface area contributed by atoms with Crippen molar-refractivity contribution >= 4 is 55.1 Å². The molecule has 0 spiro atoms. The van der Waals surface area contributed by atoms with Gasteiger partial charge in [0.15, 0.2) is 0 Å². The van der Waals surface area contributed by atoms with Gasteiger partial charge in [-0.15, -0.1) is 0 Å². The molecule has 4 fully saturated rings. The van der Waals surface area contributed by atoms with Crippen LogP contribution in [0.5, 0.6) is 0 Å². The Hall–Kier alpha value is -1.02. The van der Waals surface area contributed by atoms with Crippen molar-refractivity contribution in [2.75, 3.05) is 0 Å². The molecule has 0 heterocycles. The second kappa shape index (κ2) is 7.76. The van der Waals surface area contributed by atoms with E-state index in [4.69, 9.17) is 0 Å². The highest BCUT2D eigenvalue weighted by Crippen LogP contribution is 2.66. The highest BCUT2D eigenvalue weighted by Gasteiger charge is 2.65. The topological polar surface area (TPSA) is 82.9 Å². The number of hydrazone groups is 2. The van der Waals surface area contributed by atoms with Gasteiger partial charge >= 0.3 is 0 Å². The van der Waals surface area contributed by atoms with E-state index in [9.17, 15) is 9.59 Å². The van der Waals surface area contributed by atoms with Crippen LogP contribution in [0.15, 0.2) is 22.4 Å². The molecule has 0 aromatic rings.